The maximum atomic E-state index is 5.80. The fourth-order valence-electron chi connectivity index (χ4n) is 2.18. The molecule has 0 amide bonds. The molecule has 1 atom stereocenters. The van der Waals surface area contributed by atoms with Crippen LogP contribution in [0.5, 0.6) is 0 Å². The summed E-state index contributed by atoms with van der Waals surface area (Å²) in [5, 5.41) is 0. The van der Waals surface area contributed by atoms with Gasteiger partial charge in [-0.15, -0.1) is 0 Å². The summed E-state index contributed by atoms with van der Waals surface area (Å²) >= 11 is 0. The molecule has 1 aromatic heterocycles. The maximum Gasteiger partial charge on any atom is 0.0569 e. The van der Waals surface area contributed by atoms with Crippen LogP contribution >= 0.6 is 0 Å². The lowest BCUT2D eigenvalue weighted by Gasteiger charge is -2.35. The second-order valence-electron chi connectivity index (χ2n) is 4.65. The Balaban J connectivity index is 1.99. The monoisotopic (exact) mass is 234 g/mol. The molecule has 0 aliphatic carbocycles. The number of pyridine rings is 1. The standard InChI is InChI=1S/C13H22N4/c1-3-16-6-8-17(9-7-16)12-4-5-13(11(2)14)15-10-12/h4-5,10-11H,3,6-9,14H2,1-2H3/t11-/m0/s1. The zero-order valence-corrected chi connectivity index (χ0v) is 10.8. The predicted octanol–water partition coefficient (Wildman–Crippen LogP) is 1.24. The van der Waals surface area contributed by atoms with Crippen molar-refractivity contribution >= 4 is 5.69 Å². The van der Waals surface area contributed by atoms with Crippen LogP contribution < -0.4 is 10.6 Å². The normalized spacial score (nSPS) is 19.4. The Morgan fingerprint density at radius 3 is 2.47 bits per heavy atom. The quantitative estimate of drug-likeness (QED) is 0.855. The molecule has 0 bridgehead atoms. The van der Waals surface area contributed by atoms with Crippen LogP contribution in [0.1, 0.15) is 25.6 Å². The van der Waals surface area contributed by atoms with Gasteiger partial charge in [0, 0.05) is 32.2 Å². The third-order valence-corrected chi connectivity index (χ3v) is 3.42. The number of anilines is 1. The average Bonchev–Trinajstić information content (AvgIpc) is 2.39. The molecule has 2 heterocycles. The van der Waals surface area contributed by atoms with Crippen LogP contribution in [-0.2, 0) is 0 Å². The van der Waals surface area contributed by atoms with Gasteiger partial charge in [0.05, 0.1) is 17.6 Å². The summed E-state index contributed by atoms with van der Waals surface area (Å²) in [5.74, 6) is 0. The molecule has 2 N–H and O–H groups in total. The van der Waals surface area contributed by atoms with E-state index in [1.807, 2.05) is 19.2 Å². The van der Waals surface area contributed by atoms with Crippen LogP contribution in [0.2, 0.25) is 0 Å². The lowest BCUT2D eigenvalue weighted by Crippen LogP contribution is -2.46. The van der Waals surface area contributed by atoms with Crippen molar-refractivity contribution in [1.82, 2.24) is 9.88 Å². The molecule has 0 unspecified atom stereocenters. The highest BCUT2D eigenvalue weighted by molar-refractivity contribution is 5.45. The van der Waals surface area contributed by atoms with E-state index in [1.165, 1.54) is 5.69 Å². The first-order chi connectivity index (χ1) is 8.20. The number of piperazine rings is 1. The highest BCUT2D eigenvalue weighted by Crippen LogP contribution is 2.17. The van der Waals surface area contributed by atoms with E-state index in [1.54, 1.807) is 0 Å². The topological polar surface area (TPSA) is 45.4 Å². The minimum Gasteiger partial charge on any atom is -0.368 e. The molecule has 1 aliphatic heterocycles. The molecule has 17 heavy (non-hydrogen) atoms. The van der Waals surface area contributed by atoms with Gasteiger partial charge in [0.15, 0.2) is 0 Å². The van der Waals surface area contributed by atoms with Crippen LogP contribution in [0, 0.1) is 0 Å². The van der Waals surface area contributed by atoms with Crippen molar-refractivity contribution in [2.45, 2.75) is 19.9 Å². The van der Waals surface area contributed by atoms with Gasteiger partial charge in [-0.1, -0.05) is 6.92 Å². The summed E-state index contributed by atoms with van der Waals surface area (Å²) in [6.07, 6.45) is 1.94. The highest BCUT2D eigenvalue weighted by Gasteiger charge is 2.16. The van der Waals surface area contributed by atoms with Crippen molar-refractivity contribution in [3.05, 3.63) is 24.0 Å². The summed E-state index contributed by atoms with van der Waals surface area (Å²) in [6, 6.07) is 4.18. The summed E-state index contributed by atoms with van der Waals surface area (Å²) in [7, 11) is 0. The molecule has 94 valence electrons. The van der Waals surface area contributed by atoms with Gasteiger partial charge in [-0.3, -0.25) is 4.98 Å². The van der Waals surface area contributed by atoms with Gasteiger partial charge in [-0.25, -0.2) is 0 Å². The molecule has 0 aromatic carbocycles. The minimum atomic E-state index is 0.0148. The summed E-state index contributed by atoms with van der Waals surface area (Å²) in [4.78, 5) is 9.28. The molecule has 4 heteroatoms. The van der Waals surface area contributed by atoms with Crippen LogP contribution in [0.25, 0.3) is 0 Å². The number of nitrogens with two attached hydrogens (primary N) is 1. The molecule has 0 saturated carbocycles. The summed E-state index contributed by atoms with van der Waals surface area (Å²) < 4.78 is 0. The molecular weight excluding hydrogens is 212 g/mol. The van der Waals surface area contributed by atoms with Crippen molar-refractivity contribution in [2.24, 2.45) is 5.73 Å². The Morgan fingerprint density at radius 1 is 1.29 bits per heavy atom. The van der Waals surface area contributed by atoms with Crippen LogP contribution in [0.3, 0.4) is 0 Å². The SMILES string of the molecule is CCN1CCN(c2ccc([C@H](C)N)nc2)CC1. The first kappa shape index (κ1) is 12.3. The Morgan fingerprint density at radius 2 is 2.00 bits per heavy atom. The highest BCUT2D eigenvalue weighted by atomic mass is 15.3. The Hall–Kier alpha value is -1.13. The molecule has 2 rings (SSSR count). The predicted molar refractivity (Wildman–Crippen MR) is 71.2 cm³/mol. The van der Waals surface area contributed by atoms with E-state index in [0.29, 0.717) is 0 Å². The van der Waals surface area contributed by atoms with Gasteiger partial charge >= 0.3 is 0 Å². The number of likely N-dealkylation sites (N-methyl/N-ethyl adjacent to an activating group) is 1. The Labute approximate surface area is 103 Å². The van der Waals surface area contributed by atoms with E-state index in [-0.39, 0.29) is 6.04 Å². The lowest BCUT2D eigenvalue weighted by atomic mass is 10.2. The van der Waals surface area contributed by atoms with E-state index < -0.39 is 0 Å². The molecular formula is C13H22N4. The van der Waals surface area contributed by atoms with Crippen molar-refractivity contribution < 1.29 is 0 Å². The summed E-state index contributed by atoms with van der Waals surface area (Å²) in [5.41, 5.74) is 7.97. The summed E-state index contributed by atoms with van der Waals surface area (Å²) in [6.45, 7) is 9.80. The van der Waals surface area contributed by atoms with Crippen LogP contribution in [-0.4, -0.2) is 42.6 Å². The number of rotatable bonds is 3. The zero-order valence-electron chi connectivity index (χ0n) is 10.8. The van der Waals surface area contributed by atoms with Gasteiger partial charge < -0.3 is 15.5 Å². The fraction of sp³-hybridized carbons (Fsp3) is 0.615. The fourth-order valence-corrected chi connectivity index (χ4v) is 2.18. The van der Waals surface area contributed by atoms with E-state index in [2.05, 4.69) is 27.8 Å². The number of hydrogen-bond acceptors (Lipinski definition) is 4. The number of nitrogens with zero attached hydrogens (tertiary/aromatic N) is 3. The molecule has 0 spiro atoms. The van der Waals surface area contributed by atoms with Gasteiger partial charge in [-0.05, 0) is 25.6 Å². The van der Waals surface area contributed by atoms with Crippen LogP contribution in [0.15, 0.2) is 18.3 Å². The maximum absolute atomic E-state index is 5.80. The van der Waals surface area contributed by atoms with Gasteiger partial charge in [-0.2, -0.15) is 0 Å². The second kappa shape index (κ2) is 5.47. The van der Waals surface area contributed by atoms with Crippen LogP contribution in [0.4, 0.5) is 5.69 Å². The third kappa shape index (κ3) is 2.96. The van der Waals surface area contributed by atoms with Crippen molar-refractivity contribution in [1.29, 1.82) is 0 Å². The van der Waals surface area contributed by atoms with E-state index in [9.17, 15) is 0 Å². The third-order valence-electron chi connectivity index (χ3n) is 3.42. The minimum absolute atomic E-state index is 0.0148. The molecule has 1 fully saturated rings. The first-order valence-electron chi connectivity index (χ1n) is 6.39. The molecule has 1 aromatic rings. The van der Waals surface area contributed by atoms with Gasteiger partial charge in [0.25, 0.3) is 0 Å². The Bertz CT molecular complexity index is 339. The van der Waals surface area contributed by atoms with E-state index in [4.69, 9.17) is 5.73 Å². The largest absolute Gasteiger partial charge is 0.368 e. The van der Waals surface area contributed by atoms with Crippen molar-refractivity contribution in [3.63, 3.8) is 0 Å². The lowest BCUT2D eigenvalue weighted by molar-refractivity contribution is 0.271. The Kier molecular flexibility index (Phi) is 3.97. The zero-order chi connectivity index (χ0) is 12.3. The molecule has 1 aliphatic rings. The van der Waals surface area contributed by atoms with E-state index in [0.717, 1.165) is 38.4 Å². The average molecular weight is 234 g/mol. The second-order valence-corrected chi connectivity index (χ2v) is 4.65. The number of hydrogen-bond donors (Lipinski definition) is 1. The van der Waals surface area contributed by atoms with Gasteiger partial charge in [0.2, 0.25) is 0 Å². The van der Waals surface area contributed by atoms with E-state index >= 15 is 0 Å². The number of aromatic nitrogens is 1. The molecule has 1 saturated heterocycles. The first-order valence-corrected chi connectivity index (χ1v) is 6.39. The van der Waals surface area contributed by atoms with Gasteiger partial charge in [0.1, 0.15) is 0 Å². The van der Waals surface area contributed by atoms with Crippen molar-refractivity contribution in [2.75, 3.05) is 37.6 Å². The smallest absolute Gasteiger partial charge is 0.0569 e. The molecule has 4 nitrogen and oxygen atoms in total. The van der Waals surface area contributed by atoms with Crippen molar-refractivity contribution in [3.8, 4) is 0 Å². The molecule has 0 radical (unpaired) electrons.